The van der Waals surface area contributed by atoms with Gasteiger partial charge in [0.25, 0.3) is 0 Å². The van der Waals surface area contributed by atoms with Crippen molar-refractivity contribution in [1.82, 2.24) is 14.3 Å². The van der Waals surface area contributed by atoms with Gasteiger partial charge in [-0.05, 0) is 53.1 Å². The molecule has 0 aliphatic heterocycles. The van der Waals surface area contributed by atoms with E-state index in [1.165, 1.54) is 24.3 Å². The Bertz CT molecular complexity index is 1480. The minimum Gasteiger partial charge on any atom is -0.392 e. The van der Waals surface area contributed by atoms with Crippen molar-refractivity contribution in [3.05, 3.63) is 97.3 Å². The number of benzene rings is 3. The third-order valence-corrected chi connectivity index (χ3v) is 6.79. The van der Waals surface area contributed by atoms with Crippen molar-refractivity contribution in [3.63, 3.8) is 0 Å². The van der Waals surface area contributed by atoms with Gasteiger partial charge in [-0.25, -0.2) is 9.48 Å². The number of hydrogen-bond donors (Lipinski definition) is 2. The van der Waals surface area contributed by atoms with Crippen LogP contribution in [0.3, 0.4) is 0 Å². The second-order valence-corrected chi connectivity index (χ2v) is 9.40. The van der Waals surface area contributed by atoms with Gasteiger partial charge in [0, 0.05) is 16.1 Å². The van der Waals surface area contributed by atoms with E-state index in [-0.39, 0.29) is 19.0 Å². The number of alkyl halides is 3. The molecule has 0 saturated carbocycles. The number of rotatable bonds is 7. The van der Waals surface area contributed by atoms with Crippen LogP contribution in [-0.4, -0.2) is 36.8 Å². The molecule has 1 aromatic heterocycles. The van der Waals surface area contributed by atoms with Crippen LogP contribution in [0.2, 0.25) is 15.1 Å². The zero-order valence-corrected chi connectivity index (χ0v) is 21.2. The number of aliphatic hydroxyl groups excluding tert-OH is 2. The van der Waals surface area contributed by atoms with Gasteiger partial charge in [0.05, 0.1) is 29.7 Å². The monoisotopic (exact) mass is 571 g/mol. The molecule has 0 radical (unpaired) electrons. The van der Waals surface area contributed by atoms with Crippen LogP contribution in [0.15, 0.2) is 65.5 Å². The Morgan fingerprint density at radius 1 is 0.946 bits per heavy atom. The molecule has 1 atom stereocenters. The molecular weight excluding hydrogens is 554 g/mol. The van der Waals surface area contributed by atoms with Gasteiger partial charge in [0.15, 0.2) is 11.9 Å². The number of halogens is 6. The van der Waals surface area contributed by atoms with E-state index >= 15 is 0 Å². The molecule has 0 aliphatic carbocycles. The van der Waals surface area contributed by atoms with Crippen LogP contribution in [0.4, 0.5) is 13.2 Å². The van der Waals surface area contributed by atoms with Gasteiger partial charge in [0.1, 0.15) is 0 Å². The van der Waals surface area contributed by atoms with Crippen molar-refractivity contribution in [2.75, 3.05) is 0 Å². The van der Waals surface area contributed by atoms with Gasteiger partial charge in [-0.1, -0.05) is 59.1 Å². The lowest BCUT2D eigenvalue weighted by atomic mass is 9.99. The molecule has 0 fully saturated rings. The average molecular weight is 573 g/mol. The summed E-state index contributed by atoms with van der Waals surface area (Å²) in [6.07, 6.45) is -7.72. The van der Waals surface area contributed by atoms with E-state index in [9.17, 15) is 28.2 Å². The van der Waals surface area contributed by atoms with Crippen LogP contribution in [-0.2, 0) is 19.7 Å². The van der Waals surface area contributed by atoms with Gasteiger partial charge in [-0.3, -0.25) is 4.57 Å². The molecule has 194 valence electrons. The maximum atomic E-state index is 13.2. The Balaban J connectivity index is 1.80. The first-order chi connectivity index (χ1) is 17.5. The Kier molecular flexibility index (Phi) is 8.01. The number of aromatic nitrogens is 3. The van der Waals surface area contributed by atoms with Crippen molar-refractivity contribution in [1.29, 1.82) is 0 Å². The lowest BCUT2D eigenvalue weighted by Crippen LogP contribution is -2.37. The molecule has 0 amide bonds. The minimum atomic E-state index is -4.94. The van der Waals surface area contributed by atoms with Gasteiger partial charge >= 0.3 is 11.9 Å². The third-order valence-electron chi connectivity index (χ3n) is 5.72. The molecule has 0 saturated heterocycles. The predicted molar refractivity (Wildman–Crippen MR) is 136 cm³/mol. The molecule has 6 nitrogen and oxygen atoms in total. The van der Waals surface area contributed by atoms with Crippen LogP contribution in [0.25, 0.3) is 22.5 Å². The Morgan fingerprint density at radius 3 is 2.27 bits per heavy atom. The van der Waals surface area contributed by atoms with E-state index < -0.39 is 24.5 Å². The fraction of sp³-hybridized carbons (Fsp3) is 0.200. The SMILES string of the molecule is O=c1n(Cc2cc(-c3cccc(Cl)c3Cl)ccc2CO)nc(-c2ccc(Cl)cc2)n1C[C@H](O)C(F)(F)F. The highest BCUT2D eigenvalue weighted by Crippen LogP contribution is 2.34. The van der Waals surface area contributed by atoms with E-state index in [1.54, 1.807) is 36.4 Å². The number of nitrogens with zero attached hydrogens (tertiary/aromatic N) is 3. The summed E-state index contributed by atoms with van der Waals surface area (Å²) in [5, 5.41) is 24.9. The topological polar surface area (TPSA) is 80.3 Å². The first-order valence-corrected chi connectivity index (χ1v) is 12.0. The second kappa shape index (κ2) is 10.9. The van der Waals surface area contributed by atoms with E-state index in [0.717, 1.165) is 9.25 Å². The molecule has 37 heavy (non-hydrogen) atoms. The lowest BCUT2D eigenvalue weighted by Gasteiger charge is -2.15. The largest absolute Gasteiger partial charge is 0.416 e. The smallest absolute Gasteiger partial charge is 0.392 e. The normalized spacial score (nSPS) is 12.6. The summed E-state index contributed by atoms with van der Waals surface area (Å²) in [5.41, 5.74) is 1.69. The molecular formula is C25H19Cl3F3N3O3. The summed E-state index contributed by atoms with van der Waals surface area (Å²) in [6.45, 7) is -1.58. The maximum Gasteiger partial charge on any atom is 0.416 e. The molecule has 1 heterocycles. The molecule has 12 heteroatoms. The summed E-state index contributed by atoms with van der Waals surface area (Å²) in [6, 6.07) is 16.2. The maximum absolute atomic E-state index is 13.2. The van der Waals surface area contributed by atoms with Gasteiger partial charge < -0.3 is 10.2 Å². The highest BCUT2D eigenvalue weighted by molar-refractivity contribution is 6.43. The minimum absolute atomic E-state index is 0.0791. The van der Waals surface area contributed by atoms with Crippen LogP contribution >= 0.6 is 34.8 Å². The van der Waals surface area contributed by atoms with Gasteiger partial charge in [0.2, 0.25) is 0 Å². The Morgan fingerprint density at radius 2 is 1.62 bits per heavy atom. The van der Waals surface area contributed by atoms with Crippen LogP contribution < -0.4 is 5.69 Å². The third kappa shape index (κ3) is 5.86. The lowest BCUT2D eigenvalue weighted by molar-refractivity contribution is -0.207. The van der Waals surface area contributed by atoms with E-state index in [4.69, 9.17) is 34.8 Å². The van der Waals surface area contributed by atoms with Crippen molar-refractivity contribution in [3.8, 4) is 22.5 Å². The number of aliphatic hydroxyl groups is 2. The van der Waals surface area contributed by atoms with E-state index in [1.807, 2.05) is 0 Å². The van der Waals surface area contributed by atoms with Crippen molar-refractivity contribution in [2.24, 2.45) is 0 Å². The van der Waals surface area contributed by atoms with Crippen molar-refractivity contribution < 1.29 is 23.4 Å². The van der Waals surface area contributed by atoms with Gasteiger partial charge in [-0.15, -0.1) is 5.10 Å². The first kappa shape index (κ1) is 27.2. The van der Waals surface area contributed by atoms with Gasteiger partial charge in [-0.2, -0.15) is 13.2 Å². The van der Waals surface area contributed by atoms with Crippen LogP contribution in [0, 0.1) is 0 Å². The second-order valence-electron chi connectivity index (χ2n) is 8.18. The summed E-state index contributed by atoms with van der Waals surface area (Å²) in [7, 11) is 0. The standard InChI is InChI=1S/C25H19Cl3F3N3O3/c26-18-8-6-14(7-9-18)23-32-34(24(37)33(23)12-21(36)25(29,30)31)11-17-10-15(4-5-16(17)13-35)19-2-1-3-20(27)22(19)28/h1-10,21,35-36H,11-13H2/t21-/m0/s1. The quantitative estimate of drug-likeness (QED) is 0.293. The van der Waals surface area contributed by atoms with Crippen LogP contribution in [0.5, 0.6) is 0 Å². The Hall–Kier alpha value is -2.82. The zero-order chi connectivity index (χ0) is 26.9. The predicted octanol–water partition coefficient (Wildman–Crippen LogP) is 5.80. The van der Waals surface area contributed by atoms with E-state index in [0.29, 0.717) is 42.9 Å². The van der Waals surface area contributed by atoms with Crippen LogP contribution in [0.1, 0.15) is 11.1 Å². The summed E-state index contributed by atoms with van der Waals surface area (Å²) in [5.74, 6) is -0.0791. The summed E-state index contributed by atoms with van der Waals surface area (Å²) in [4.78, 5) is 13.2. The highest BCUT2D eigenvalue weighted by Gasteiger charge is 2.39. The molecule has 0 spiro atoms. The highest BCUT2D eigenvalue weighted by atomic mass is 35.5. The molecule has 2 N–H and O–H groups in total. The molecule has 4 aromatic rings. The zero-order valence-electron chi connectivity index (χ0n) is 18.9. The molecule has 0 unspecified atom stereocenters. The Labute approximate surface area is 224 Å². The fourth-order valence-corrected chi connectivity index (χ4v) is 4.32. The van der Waals surface area contributed by atoms with Crippen molar-refractivity contribution >= 4 is 34.8 Å². The van der Waals surface area contributed by atoms with Crippen molar-refractivity contribution in [2.45, 2.75) is 32.0 Å². The summed E-state index contributed by atoms with van der Waals surface area (Å²) < 4.78 is 41.1. The fourth-order valence-electron chi connectivity index (χ4n) is 3.78. The molecule has 3 aromatic carbocycles. The number of hydrogen-bond acceptors (Lipinski definition) is 4. The first-order valence-electron chi connectivity index (χ1n) is 10.8. The molecule has 0 bridgehead atoms. The molecule has 4 rings (SSSR count). The molecule has 0 aliphatic rings. The van der Waals surface area contributed by atoms with E-state index in [2.05, 4.69) is 5.10 Å². The summed E-state index contributed by atoms with van der Waals surface area (Å²) >= 11 is 18.4. The average Bonchev–Trinajstić information content (AvgIpc) is 3.15.